The summed E-state index contributed by atoms with van der Waals surface area (Å²) in [6.45, 7) is 3.55. The van der Waals surface area contributed by atoms with Crippen molar-refractivity contribution < 1.29 is 23.8 Å². The highest BCUT2D eigenvalue weighted by Crippen LogP contribution is 2.17. The van der Waals surface area contributed by atoms with Gasteiger partial charge in [-0.05, 0) is 80.1 Å². The van der Waals surface area contributed by atoms with Crippen LogP contribution in [0.3, 0.4) is 0 Å². The topological polar surface area (TPSA) is 213 Å². The normalized spacial score (nSPS) is 16.0. The predicted octanol–water partition coefficient (Wildman–Crippen LogP) is 4.80. The number of nitrogens with zero attached hydrogens (tertiary/aromatic N) is 5. The van der Waals surface area contributed by atoms with Crippen LogP contribution in [0.4, 0.5) is 22.1 Å². The van der Waals surface area contributed by atoms with E-state index in [1.54, 1.807) is 18.3 Å². The summed E-state index contributed by atoms with van der Waals surface area (Å²) in [7, 11) is 0. The van der Waals surface area contributed by atoms with Crippen molar-refractivity contribution in [1.29, 1.82) is 0 Å². The Bertz CT molecular complexity index is 1810. The van der Waals surface area contributed by atoms with Crippen LogP contribution >= 0.6 is 11.6 Å². The number of nitrogens with one attached hydrogen (secondary N) is 3. The number of nitrogens with two attached hydrogens (primary N) is 2. The first-order valence-corrected chi connectivity index (χ1v) is 16.7. The molecule has 16 heteroatoms. The Morgan fingerprint density at radius 2 is 1.31 bits per heavy atom. The number of hydrogen-bond acceptors (Lipinski definition) is 12. The molecule has 2 aliphatic heterocycles. The molecule has 15 nitrogen and oxygen atoms in total. The number of aryl methyl sites for hydroxylation is 2. The van der Waals surface area contributed by atoms with Crippen LogP contribution in [0, 0.1) is 0 Å². The summed E-state index contributed by atoms with van der Waals surface area (Å²) in [6, 6.07) is 19.0. The fourth-order valence-corrected chi connectivity index (χ4v) is 5.04. The van der Waals surface area contributed by atoms with Crippen LogP contribution < -0.4 is 32.2 Å². The number of carbonyl (C=O) groups excluding carboxylic acids is 2. The molecule has 2 aromatic carbocycles. The third-order valence-corrected chi connectivity index (χ3v) is 7.74. The lowest BCUT2D eigenvalue weighted by atomic mass is 10.1. The fourth-order valence-electron chi connectivity index (χ4n) is 4.95. The lowest BCUT2D eigenvalue weighted by molar-refractivity contribution is 0.102. The molecule has 0 bridgehead atoms. The number of amides is 3. The van der Waals surface area contributed by atoms with Crippen LogP contribution in [0.1, 0.15) is 41.4 Å². The number of anilines is 3. The number of halogens is 1. The van der Waals surface area contributed by atoms with E-state index >= 15 is 0 Å². The van der Waals surface area contributed by atoms with Crippen molar-refractivity contribution in [1.82, 2.24) is 15.0 Å². The monoisotopic (exact) mass is 714 g/mol. The number of hydrogen-bond donors (Lipinski definition) is 5. The predicted molar refractivity (Wildman–Crippen MR) is 195 cm³/mol. The quantitative estimate of drug-likeness (QED) is 0.135. The van der Waals surface area contributed by atoms with E-state index in [2.05, 4.69) is 40.9 Å². The van der Waals surface area contributed by atoms with Gasteiger partial charge in [-0.3, -0.25) is 10.1 Å². The summed E-state index contributed by atoms with van der Waals surface area (Å²) < 4.78 is 15.6. The first kappa shape index (κ1) is 36.3. The van der Waals surface area contributed by atoms with Crippen LogP contribution in [-0.2, 0) is 22.3 Å². The van der Waals surface area contributed by atoms with Crippen LogP contribution in [0.2, 0.25) is 5.02 Å². The molecule has 266 valence electrons. The molecule has 0 radical (unpaired) electrons. The summed E-state index contributed by atoms with van der Waals surface area (Å²) in [5, 5.41) is 8.48. The maximum atomic E-state index is 12.2. The zero-order valence-corrected chi connectivity index (χ0v) is 28.7. The summed E-state index contributed by atoms with van der Waals surface area (Å²) in [5.74, 6) is 0.568. The molecule has 0 saturated heterocycles. The highest BCUT2D eigenvalue weighted by Gasteiger charge is 2.17. The lowest BCUT2D eigenvalue weighted by Crippen LogP contribution is -2.20. The van der Waals surface area contributed by atoms with E-state index in [0.29, 0.717) is 42.0 Å². The van der Waals surface area contributed by atoms with Crippen LogP contribution in [0.5, 0.6) is 5.75 Å². The van der Waals surface area contributed by atoms with Gasteiger partial charge in [-0.15, -0.1) is 0 Å². The molecule has 7 N–H and O–H groups in total. The first-order chi connectivity index (χ1) is 24.7. The Kier molecular flexibility index (Phi) is 12.9. The number of pyridine rings is 1. The summed E-state index contributed by atoms with van der Waals surface area (Å²) in [5.41, 5.74) is 15.0. The maximum absolute atomic E-state index is 12.2. The summed E-state index contributed by atoms with van der Waals surface area (Å²) in [4.78, 5) is 44.5. The van der Waals surface area contributed by atoms with Crippen molar-refractivity contribution >= 4 is 52.9 Å². The largest absolute Gasteiger partial charge is 0.492 e. The Morgan fingerprint density at radius 3 is 1.78 bits per heavy atom. The minimum Gasteiger partial charge on any atom is -0.492 e. The van der Waals surface area contributed by atoms with Gasteiger partial charge in [0.25, 0.3) is 18.0 Å². The molecule has 0 spiro atoms. The third kappa shape index (κ3) is 11.9. The van der Waals surface area contributed by atoms with E-state index in [0.717, 1.165) is 36.9 Å². The average molecular weight is 715 g/mol. The smallest absolute Gasteiger partial charge is 0.326 e. The molecule has 4 aromatic rings. The zero-order valence-electron chi connectivity index (χ0n) is 27.9. The van der Waals surface area contributed by atoms with Gasteiger partial charge in [-0.1, -0.05) is 35.9 Å². The number of aromatic nitrogens is 3. The molecule has 2 aliphatic rings. The molecule has 6 rings (SSSR count). The molecule has 4 heterocycles. The van der Waals surface area contributed by atoms with E-state index in [1.807, 2.05) is 55.5 Å². The number of aliphatic imine (C=N–C) groups is 2. The van der Waals surface area contributed by atoms with Crippen LogP contribution in [-0.4, -0.2) is 70.8 Å². The van der Waals surface area contributed by atoms with Gasteiger partial charge in [-0.25, -0.2) is 29.7 Å². The second-order valence-corrected chi connectivity index (χ2v) is 11.8. The summed E-state index contributed by atoms with van der Waals surface area (Å²) >= 11 is 5.69. The number of benzene rings is 2. The van der Waals surface area contributed by atoms with Gasteiger partial charge in [-0.2, -0.15) is 0 Å². The number of carbonyl (C=O) groups is 2. The van der Waals surface area contributed by atoms with E-state index in [9.17, 15) is 9.59 Å². The Hall–Kier alpha value is -5.96. The number of rotatable bonds is 12. The maximum Gasteiger partial charge on any atom is 0.326 e. The minimum atomic E-state index is -0.428. The average Bonchev–Trinajstić information content (AvgIpc) is 3.76. The van der Waals surface area contributed by atoms with Crippen molar-refractivity contribution in [3.8, 4) is 5.75 Å². The number of urea groups is 1. The Balaban J connectivity index is 0.000000198. The van der Waals surface area contributed by atoms with E-state index in [1.165, 1.54) is 18.0 Å². The molecule has 0 saturated carbocycles. The van der Waals surface area contributed by atoms with Crippen molar-refractivity contribution in [2.45, 2.75) is 44.7 Å². The van der Waals surface area contributed by atoms with Gasteiger partial charge < -0.3 is 36.3 Å². The van der Waals surface area contributed by atoms with Crippen LogP contribution in [0.25, 0.3) is 0 Å². The fraction of sp³-hybridized carbons (Fsp3) is 0.286. The summed E-state index contributed by atoms with van der Waals surface area (Å²) in [6.07, 6.45) is 7.83. The van der Waals surface area contributed by atoms with Crippen molar-refractivity contribution in [3.05, 3.63) is 101 Å². The SMILES string of the molecule is CCOc1ccc(C(=O)Nc2ccc(CC[C@H]3COC(N)=N3)cc2)nc1.NC1=N[C@@H](CCc2ccc(NC(=O)Nc3ncc(Cl)cn3)cc2)CO1. The van der Waals surface area contributed by atoms with E-state index in [4.69, 9.17) is 37.3 Å². The van der Waals surface area contributed by atoms with Gasteiger partial charge in [0.1, 0.15) is 24.7 Å². The second kappa shape index (κ2) is 18.2. The molecule has 0 aliphatic carbocycles. The highest BCUT2D eigenvalue weighted by molar-refractivity contribution is 6.30. The third-order valence-electron chi connectivity index (χ3n) is 7.55. The van der Waals surface area contributed by atoms with Gasteiger partial charge >= 0.3 is 6.03 Å². The zero-order chi connectivity index (χ0) is 36.0. The molecule has 0 unspecified atom stereocenters. The lowest BCUT2D eigenvalue weighted by Gasteiger charge is -2.08. The first-order valence-electron chi connectivity index (χ1n) is 16.3. The highest BCUT2D eigenvalue weighted by atomic mass is 35.5. The van der Waals surface area contributed by atoms with E-state index in [-0.39, 0.29) is 36.0 Å². The van der Waals surface area contributed by atoms with Gasteiger partial charge in [0.05, 0.1) is 42.3 Å². The minimum absolute atomic E-state index is 0.114. The van der Waals surface area contributed by atoms with E-state index < -0.39 is 6.03 Å². The molecular formula is C35H39ClN10O5. The molecule has 3 amide bonds. The molecule has 2 atom stereocenters. The standard InChI is InChI=1S/C19H22N4O3.C16H17ClN6O2/c1-2-25-16-9-10-17(21-11-16)18(24)22-14-6-3-13(4-7-14)5-8-15-12-26-19(20)23-15;17-11-7-19-15(20-8-11)23-16(24)22-12-4-1-10(2-5-12)3-6-13-9-25-14(18)21-13/h3-4,6-7,9-11,15H,2,5,8,12H2,1H3,(H2,20,23)(H,22,24);1-2,4-5,7-8,13H,3,6,9H2,(H2,18,21)(H2,19,20,22,23,24)/t15-;13-/m00/s1. The van der Waals surface area contributed by atoms with Gasteiger partial charge in [0.2, 0.25) is 5.95 Å². The number of amidine groups is 2. The van der Waals surface area contributed by atoms with Crippen molar-refractivity contribution in [3.63, 3.8) is 0 Å². The van der Waals surface area contributed by atoms with Gasteiger partial charge in [0.15, 0.2) is 0 Å². The van der Waals surface area contributed by atoms with Crippen LogP contribution in [0.15, 0.2) is 89.2 Å². The molecule has 51 heavy (non-hydrogen) atoms. The molecule has 0 fully saturated rings. The molecule has 2 aromatic heterocycles. The Morgan fingerprint density at radius 1 is 0.765 bits per heavy atom. The second-order valence-electron chi connectivity index (χ2n) is 11.4. The van der Waals surface area contributed by atoms with Crippen molar-refractivity contribution in [2.75, 3.05) is 35.8 Å². The number of ether oxygens (including phenoxy) is 3. The Labute approximate surface area is 299 Å². The van der Waals surface area contributed by atoms with Gasteiger partial charge in [0, 0.05) is 11.4 Å². The molecular weight excluding hydrogens is 676 g/mol. The van der Waals surface area contributed by atoms with Crippen molar-refractivity contribution in [2.24, 2.45) is 21.5 Å².